The number of hydrogen-bond donors (Lipinski definition) is 0. The lowest BCUT2D eigenvalue weighted by Gasteiger charge is -2.36. The lowest BCUT2D eigenvalue weighted by atomic mass is 9.65. The second-order valence-electron chi connectivity index (χ2n) is 24.7. The maximum atomic E-state index is 2.44. The van der Waals surface area contributed by atoms with Crippen LogP contribution in [0.1, 0.15) is 22.3 Å². The molecule has 0 atom stereocenters. The van der Waals surface area contributed by atoms with E-state index >= 15 is 0 Å². The van der Waals surface area contributed by atoms with Gasteiger partial charge in [0.2, 0.25) is 0 Å². The zero-order valence-electron chi connectivity index (χ0n) is 51.0. The van der Waals surface area contributed by atoms with Crippen LogP contribution in [0, 0.1) is 0 Å². The Bertz CT molecular complexity index is 5680. The predicted octanol–water partition coefficient (Wildman–Crippen LogP) is 23.9. The summed E-state index contributed by atoms with van der Waals surface area (Å²) in [5, 5.41) is 4.94. The van der Waals surface area contributed by atoms with Gasteiger partial charge < -0.3 is 9.13 Å². The summed E-state index contributed by atoms with van der Waals surface area (Å²) in [4.78, 5) is 0. The van der Waals surface area contributed by atoms with Crippen molar-refractivity contribution in [2.75, 3.05) is 0 Å². The van der Waals surface area contributed by atoms with Gasteiger partial charge in [0.1, 0.15) is 0 Å². The highest BCUT2D eigenvalue weighted by molar-refractivity contribution is 6.13. The second-order valence-corrected chi connectivity index (χ2v) is 24.7. The molecule has 1 aliphatic rings. The molecular formula is C91H60N2. The molecule has 0 amide bonds. The molecule has 93 heavy (non-hydrogen) atoms. The first-order valence-electron chi connectivity index (χ1n) is 32.2. The molecule has 0 N–H and O–H groups in total. The van der Waals surface area contributed by atoms with Crippen LogP contribution >= 0.6 is 0 Å². The van der Waals surface area contributed by atoms with Crippen molar-refractivity contribution in [2.45, 2.75) is 5.41 Å². The third kappa shape index (κ3) is 8.94. The summed E-state index contributed by atoms with van der Waals surface area (Å²) in [5.41, 5.74) is 30.8. The molecule has 0 fully saturated rings. The SMILES string of the molecule is c1ccc(-c2cccc(-c3ccccc3C3(c4cccc(-c5ccc(-c6ccc(-c7cccc(-n8c9ccccc9c9cc(-c%10ccc%11c(c%10)c%10ccccc%10n%11-c%10cccc(-c%11ccccc%11)c%10)ccc98)c7)cc6)cc5)c4)c4ccccc4-c4ccccc43)c2)cc1. The van der Waals surface area contributed by atoms with Crippen LogP contribution in [0.15, 0.2) is 364 Å². The average molecular weight is 1180 g/mol. The number of rotatable bonds is 11. The van der Waals surface area contributed by atoms with E-state index < -0.39 is 5.41 Å². The van der Waals surface area contributed by atoms with Gasteiger partial charge in [0.25, 0.3) is 0 Å². The fraction of sp³-hybridized carbons (Fsp3) is 0.0110. The van der Waals surface area contributed by atoms with Gasteiger partial charge in [-0.3, -0.25) is 0 Å². The van der Waals surface area contributed by atoms with E-state index in [2.05, 4.69) is 373 Å². The van der Waals surface area contributed by atoms with Gasteiger partial charge in [0.15, 0.2) is 0 Å². The molecule has 0 unspecified atom stereocenters. The Kier molecular flexibility index (Phi) is 12.8. The van der Waals surface area contributed by atoms with E-state index in [4.69, 9.17) is 0 Å². The number of para-hydroxylation sites is 2. The minimum absolute atomic E-state index is 0.585. The molecule has 17 aromatic rings. The molecular weight excluding hydrogens is 1120 g/mol. The van der Waals surface area contributed by atoms with Gasteiger partial charge in [-0.2, -0.15) is 0 Å². The minimum atomic E-state index is -0.585. The van der Waals surface area contributed by atoms with Crippen molar-refractivity contribution in [3.63, 3.8) is 0 Å². The van der Waals surface area contributed by atoms with Crippen molar-refractivity contribution >= 4 is 43.6 Å². The zero-order chi connectivity index (χ0) is 61.4. The highest BCUT2D eigenvalue weighted by Crippen LogP contribution is 2.58. The number of hydrogen-bond acceptors (Lipinski definition) is 0. The summed E-state index contributed by atoms with van der Waals surface area (Å²) in [6, 6.07) is 135. The molecule has 18 rings (SSSR count). The Labute approximate surface area is 541 Å². The van der Waals surface area contributed by atoms with Crippen molar-refractivity contribution in [1.82, 2.24) is 9.13 Å². The van der Waals surface area contributed by atoms with E-state index in [0.29, 0.717) is 0 Å². The quantitative estimate of drug-likeness (QED) is 0.122. The summed E-state index contributed by atoms with van der Waals surface area (Å²) in [7, 11) is 0. The maximum absolute atomic E-state index is 2.44. The fourth-order valence-electron chi connectivity index (χ4n) is 15.3. The Morgan fingerprint density at radius 1 is 0.172 bits per heavy atom. The molecule has 2 nitrogen and oxygen atoms in total. The lowest BCUT2D eigenvalue weighted by Crippen LogP contribution is -2.29. The Morgan fingerprint density at radius 3 is 0.978 bits per heavy atom. The molecule has 434 valence electrons. The number of nitrogens with zero attached hydrogens (tertiary/aromatic N) is 2. The molecule has 0 saturated carbocycles. The number of fused-ring (bicyclic) bond motifs is 9. The summed E-state index contributed by atoms with van der Waals surface area (Å²) in [5.74, 6) is 0. The Balaban J connectivity index is 0.650. The molecule has 2 heterocycles. The monoisotopic (exact) mass is 1180 g/mol. The fourth-order valence-corrected chi connectivity index (χ4v) is 15.3. The van der Waals surface area contributed by atoms with E-state index in [1.807, 2.05) is 0 Å². The van der Waals surface area contributed by atoms with E-state index in [1.54, 1.807) is 0 Å². The van der Waals surface area contributed by atoms with E-state index in [1.165, 1.54) is 155 Å². The van der Waals surface area contributed by atoms with Crippen LogP contribution in [0.25, 0.3) is 144 Å². The summed E-state index contributed by atoms with van der Waals surface area (Å²) < 4.78 is 4.84. The minimum Gasteiger partial charge on any atom is -0.309 e. The number of benzene rings is 15. The standard InChI is InChI=1S/C91H60N2/c1-3-21-61(22-4-1)67-25-17-29-73(55-67)77-33-7-12-38-84(77)91(85-39-13-8-34-78(85)79-35-9-14-40-86(79)91)74-30-18-26-68(56-74)65-47-43-63(44-48-65)64-45-49-66(50-46-64)70-28-20-32-76(58-70)93-88-42-16-11-37-81(88)83-60-72(52-54-90(83)93)71-51-53-89-82(59-71)80-36-10-15-41-87(80)92(89)75-31-19-27-69(57-75)62-23-5-2-6-24-62/h1-60H. The average Bonchev–Trinajstić information content (AvgIpc) is 1.57. The van der Waals surface area contributed by atoms with Crippen molar-refractivity contribution < 1.29 is 0 Å². The topological polar surface area (TPSA) is 9.86 Å². The predicted molar refractivity (Wildman–Crippen MR) is 390 cm³/mol. The van der Waals surface area contributed by atoms with E-state index in [-0.39, 0.29) is 0 Å². The van der Waals surface area contributed by atoms with Gasteiger partial charge in [-0.15, -0.1) is 0 Å². The molecule has 0 bridgehead atoms. The third-order valence-corrected chi connectivity index (χ3v) is 19.6. The molecule has 1 aliphatic carbocycles. The van der Waals surface area contributed by atoms with Crippen molar-refractivity contribution in [3.05, 3.63) is 386 Å². The highest BCUT2D eigenvalue weighted by Gasteiger charge is 2.47. The number of aromatic nitrogens is 2. The van der Waals surface area contributed by atoms with Gasteiger partial charge in [0, 0.05) is 32.9 Å². The maximum Gasteiger partial charge on any atom is 0.0719 e. The van der Waals surface area contributed by atoms with Crippen LogP contribution in [0.4, 0.5) is 0 Å². The first kappa shape index (κ1) is 53.9. The smallest absolute Gasteiger partial charge is 0.0719 e. The van der Waals surface area contributed by atoms with Crippen molar-refractivity contribution in [1.29, 1.82) is 0 Å². The van der Waals surface area contributed by atoms with Gasteiger partial charge in [-0.25, -0.2) is 0 Å². The molecule has 2 aromatic heterocycles. The second kappa shape index (κ2) is 22.1. The van der Waals surface area contributed by atoms with Crippen LogP contribution < -0.4 is 0 Å². The van der Waals surface area contributed by atoms with Crippen LogP contribution in [-0.2, 0) is 5.41 Å². The van der Waals surface area contributed by atoms with E-state index in [0.717, 1.165) is 11.4 Å². The lowest BCUT2D eigenvalue weighted by molar-refractivity contribution is 0.771. The Hall–Kier alpha value is -12.1. The van der Waals surface area contributed by atoms with Gasteiger partial charge in [-0.05, 0) is 184 Å². The zero-order valence-corrected chi connectivity index (χ0v) is 51.0. The van der Waals surface area contributed by atoms with Crippen LogP contribution in [0.3, 0.4) is 0 Å². The largest absolute Gasteiger partial charge is 0.309 e. The molecule has 0 radical (unpaired) electrons. The van der Waals surface area contributed by atoms with Crippen molar-refractivity contribution in [2.24, 2.45) is 0 Å². The molecule has 0 spiro atoms. The van der Waals surface area contributed by atoms with E-state index in [9.17, 15) is 0 Å². The first-order valence-corrected chi connectivity index (χ1v) is 32.2. The summed E-state index contributed by atoms with van der Waals surface area (Å²) in [6.45, 7) is 0. The molecule has 0 aliphatic heterocycles. The summed E-state index contributed by atoms with van der Waals surface area (Å²) in [6.07, 6.45) is 0. The molecule has 2 heteroatoms. The summed E-state index contributed by atoms with van der Waals surface area (Å²) >= 11 is 0. The molecule has 0 saturated heterocycles. The van der Waals surface area contributed by atoms with Gasteiger partial charge in [-0.1, -0.05) is 291 Å². The van der Waals surface area contributed by atoms with Crippen molar-refractivity contribution in [3.8, 4) is 100 Å². The normalized spacial score (nSPS) is 12.4. The third-order valence-electron chi connectivity index (χ3n) is 19.6. The van der Waals surface area contributed by atoms with Gasteiger partial charge >= 0.3 is 0 Å². The first-order chi connectivity index (χ1) is 46.1. The highest BCUT2D eigenvalue weighted by atomic mass is 15.0. The van der Waals surface area contributed by atoms with Gasteiger partial charge in [0.05, 0.1) is 27.5 Å². The van der Waals surface area contributed by atoms with Crippen LogP contribution in [0.2, 0.25) is 0 Å². The van der Waals surface area contributed by atoms with Crippen LogP contribution in [-0.4, -0.2) is 9.13 Å². The molecule has 15 aromatic carbocycles. The Morgan fingerprint density at radius 2 is 0.484 bits per heavy atom. The van der Waals surface area contributed by atoms with Crippen LogP contribution in [0.5, 0.6) is 0 Å².